The lowest BCUT2D eigenvalue weighted by Gasteiger charge is -2.15. The molecular formula is C15H21N5O2S. The van der Waals surface area contributed by atoms with Gasteiger partial charge in [-0.1, -0.05) is 0 Å². The van der Waals surface area contributed by atoms with E-state index in [0.29, 0.717) is 31.4 Å². The number of carbonyl (C=O) groups excluding carboxylic acids is 1. The second kappa shape index (κ2) is 6.67. The molecule has 0 radical (unpaired) electrons. The molecule has 2 aromatic rings. The lowest BCUT2D eigenvalue weighted by molar-refractivity contribution is -0.122. The zero-order valence-corrected chi connectivity index (χ0v) is 14.1. The molecule has 1 fully saturated rings. The Kier molecular flexibility index (Phi) is 4.63. The Balaban J connectivity index is 1.38. The molecule has 2 heterocycles. The molecule has 2 atom stereocenters. The molecule has 3 N–H and O–H groups in total. The molecule has 2 aromatic heterocycles. The average Bonchev–Trinajstić information content (AvgIpc) is 3.02. The molecule has 0 spiro atoms. The van der Waals surface area contributed by atoms with Gasteiger partial charge in [0.25, 0.3) is 0 Å². The van der Waals surface area contributed by atoms with E-state index in [1.165, 1.54) is 10.4 Å². The third kappa shape index (κ3) is 3.89. The fraction of sp³-hybridized carbons (Fsp3) is 0.533. The topological polar surface area (TPSA) is 93.9 Å². The van der Waals surface area contributed by atoms with Crippen LogP contribution in [0.15, 0.2) is 16.2 Å². The van der Waals surface area contributed by atoms with Crippen molar-refractivity contribution in [1.82, 2.24) is 25.4 Å². The molecule has 1 amide bonds. The molecule has 0 unspecified atom stereocenters. The molecule has 124 valence electrons. The van der Waals surface area contributed by atoms with Gasteiger partial charge in [-0.3, -0.25) is 14.7 Å². The first-order valence-corrected chi connectivity index (χ1v) is 8.56. The number of nitrogens with zero attached hydrogens (tertiary/aromatic N) is 2. The van der Waals surface area contributed by atoms with E-state index in [2.05, 4.69) is 38.9 Å². The van der Waals surface area contributed by atoms with Gasteiger partial charge >= 0.3 is 5.69 Å². The first-order valence-electron chi connectivity index (χ1n) is 7.68. The fourth-order valence-electron chi connectivity index (χ4n) is 2.75. The molecule has 0 bridgehead atoms. The molecule has 8 heteroatoms. The summed E-state index contributed by atoms with van der Waals surface area (Å²) in [5, 5.41) is 11.3. The highest BCUT2D eigenvalue weighted by Gasteiger charge is 2.45. The molecule has 3 rings (SSSR count). The molecular weight excluding hydrogens is 314 g/mol. The van der Waals surface area contributed by atoms with Gasteiger partial charge in [-0.2, -0.15) is 5.10 Å². The summed E-state index contributed by atoms with van der Waals surface area (Å²) >= 11 is 1.75. The number of aromatic amines is 2. The second-order valence-electron chi connectivity index (χ2n) is 6.07. The Morgan fingerprint density at radius 3 is 3.04 bits per heavy atom. The summed E-state index contributed by atoms with van der Waals surface area (Å²) in [7, 11) is 1.92. The van der Waals surface area contributed by atoms with Crippen LogP contribution in [0, 0.1) is 12.8 Å². The third-order valence-electron chi connectivity index (χ3n) is 4.13. The van der Waals surface area contributed by atoms with Gasteiger partial charge in [0.1, 0.15) is 5.82 Å². The van der Waals surface area contributed by atoms with Gasteiger partial charge in [-0.05, 0) is 37.4 Å². The summed E-state index contributed by atoms with van der Waals surface area (Å²) in [5.41, 5.74) is 0.994. The minimum Gasteiger partial charge on any atom is -0.355 e. The number of rotatable bonds is 7. The predicted molar refractivity (Wildman–Crippen MR) is 88.5 cm³/mol. The minimum atomic E-state index is -0.301. The maximum Gasteiger partial charge on any atom is 0.340 e. The zero-order valence-electron chi connectivity index (χ0n) is 13.3. The van der Waals surface area contributed by atoms with E-state index in [0.717, 1.165) is 6.42 Å². The van der Waals surface area contributed by atoms with Gasteiger partial charge in [-0.25, -0.2) is 9.89 Å². The summed E-state index contributed by atoms with van der Waals surface area (Å²) in [5.74, 6) is 1.27. The molecule has 0 saturated heterocycles. The van der Waals surface area contributed by atoms with Crippen LogP contribution in [-0.2, 0) is 11.3 Å². The summed E-state index contributed by atoms with van der Waals surface area (Å²) < 4.78 is 0. The number of carbonyl (C=O) groups is 1. The van der Waals surface area contributed by atoms with E-state index in [9.17, 15) is 9.59 Å². The van der Waals surface area contributed by atoms with Crippen molar-refractivity contribution in [3.63, 3.8) is 0 Å². The van der Waals surface area contributed by atoms with Crippen LogP contribution in [0.1, 0.15) is 28.6 Å². The standard InChI is InChI=1S/C15H21N5O2S/c1-9-3-6-23-13(9)10-7-11(10)14(21)16-4-5-20(2)8-12-17-15(22)19-18-12/h3,6,10-11H,4-5,7-8H2,1-2H3,(H,16,21)(H2,17,18,19,22)/t10-,11-/m1/s1. The van der Waals surface area contributed by atoms with Crippen molar-refractivity contribution < 1.29 is 4.79 Å². The van der Waals surface area contributed by atoms with Crippen LogP contribution in [-0.4, -0.2) is 46.1 Å². The Morgan fingerprint density at radius 2 is 2.39 bits per heavy atom. The van der Waals surface area contributed by atoms with Crippen molar-refractivity contribution in [2.24, 2.45) is 5.92 Å². The van der Waals surface area contributed by atoms with E-state index < -0.39 is 0 Å². The lowest BCUT2D eigenvalue weighted by Crippen LogP contribution is -2.34. The van der Waals surface area contributed by atoms with Crippen LogP contribution in [0.3, 0.4) is 0 Å². The molecule has 23 heavy (non-hydrogen) atoms. The second-order valence-corrected chi connectivity index (χ2v) is 7.02. The van der Waals surface area contributed by atoms with E-state index in [-0.39, 0.29) is 17.5 Å². The number of hydrogen-bond donors (Lipinski definition) is 3. The van der Waals surface area contributed by atoms with Gasteiger partial charge < -0.3 is 5.32 Å². The Hall–Kier alpha value is -1.93. The summed E-state index contributed by atoms with van der Waals surface area (Å²) in [4.78, 5) is 29.1. The van der Waals surface area contributed by atoms with Crippen molar-refractivity contribution in [2.75, 3.05) is 20.1 Å². The molecule has 1 aliphatic rings. The maximum absolute atomic E-state index is 12.2. The molecule has 1 saturated carbocycles. The number of thiophene rings is 1. The van der Waals surface area contributed by atoms with Crippen LogP contribution in [0.5, 0.6) is 0 Å². The molecule has 0 aromatic carbocycles. The number of H-pyrrole nitrogens is 2. The van der Waals surface area contributed by atoms with Gasteiger partial charge in [0.15, 0.2) is 0 Å². The van der Waals surface area contributed by atoms with Crippen molar-refractivity contribution in [1.29, 1.82) is 0 Å². The van der Waals surface area contributed by atoms with Crippen LogP contribution in [0.25, 0.3) is 0 Å². The fourth-order valence-corrected chi connectivity index (χ4v) is 3.86. The number of aromatic nitrogens is 3. The van der Waals surface area contributed by atoms with Crippen LogP contribution in [0.2, 0.25) is 0 Å². The Morgan fingerprint density at radius 1 is 1.57 bits per heavy atom. The SMILES string of the molecule is Cc1ccsc1[C@@H]1C[C@H]1C(=O)NCCN(C)Cc1n[nH]c(=O)[nH]1. The highest BCUT2D eigenvalue weighted by atomic mass is 32.1. The van der Waals surface area contributed by atoms with Crippen LogP contribution >= 0.6 is 11.3 Å². The highest BCUT2D eigenvalue weighted by Crippen LogP contribution is 2.50. The average molecular weight is 335 g/mol. The largest absolute Gasteiger partial charge is 0.355 e. The van der Waals surface area contributed by atoms with E-state index >= 15 is 0 Å². The number of hydrogen-bond acceptors (Lipinski definition) is 5. The van der Waals surface area contributed by atoms with E-state index in [4.69, 9.17) is 0 Å². The van der Waals surface area contributed by atoms with Gasteiger partial charge in [0, 0.05) is 29.8 Å². The van der Waals surface area contributed by atoms with Gasteiger partial charge in [-0.15, -0.1) is 11.3 Å². The van der Waals surface area contributed by atoms with Crippen molar-refractivity contribution in [2.45, 2.75) is 25.8 Å². The van der Waals surface area contributed by atoms with Crippen molar-refractivity contribution >= 4 is 17.2 Å². The highest BCUT2D eigenvalue weighted by molar-refractivity contribution is 7.10. The quantitative estimate of drug-likeness (QED) is 0.698. The summed E-state index contributed by atoms with van der Waals surface area (Å²) in [6.45, 7) is 3.94. The number of amides is 1. The number of likely N-dealkylation sites (N-methyl/N-ethyl adjacent to an activating group) is 1. The van der Waals surface area contributed by atoms with Crippen molar-refractivity contribution in [3.8, 4) is 0 Å². The smallest absolute Gasteiger partial charge is 0.340 e. The first kappa shape index (κ1) is 15.9. The first-order chi connectivity index (χ1) is 11.0. The van der Waals surface area contributed by atoms with Crippen LogP contribution < -0.4 is 11.0 Å². The van der Waals surface area contributed by atoms with Gasteiger partial charge in [0.05, 0.1) is 6.54 Å². The normalized spacial score (nSPS) is 20.0. The van der Waals surface area contributed by atoms with E-state index in [1.807, 2.05) is 11.9 Å². The lowest BCUT2D eigenvalue weighted by atomic mass is 10.2. The minimum absolute atomic E-state index is 0.125. The Labute approximate surface area is 138 Å². The van der Waals surface area contributed by atoms with E-state index in [1.54, 1.807) is 11.3 Å². The molecule has 7 nitrogen and oxygen atoms in total. The van der Waals surface area contributed by atoms with Gasteiger partial charge in [0.2, 0.25) is 5.91 Å². The van der Waals surface area contributed by atoms with Crippen molar-refractivity contribution in [3.05, 3.63) is 38.2 Å². The number of nitrogens with one attached hydrogen (secondary N) is 3. The molecule has 0 aliphatic heterocycles. The zero-order chi connectivity index (χ0) is 16.4. The monoisotopic (exact) mass is 335 g/mol. The third-order valence-corrected chi connectivity index (χ3v) is 5.28. The summed E-state index contributed by atoms with van der Waals surface area (Å²) in [6.07, 6.45) is 0.956. The van der Waals surface area contributed by atoms with Crippen LogP contribution in [0.4, 0.5) is 0 Å². The molecule has 1 aliphatic carbocycles. The Bertz CT molecular complexity index is 734. The summed E-state index contributed by atoms with van der Waals surface area (Å²) in [6, 6.07) is 2.11. The maximum atomic E-state index is 12.2. The predicted octanol–water partition coefficient (Wildman–Crippen LogP) is 0.820. The number of aryl methyl sites for hydroxylation is 1.